The van der Waals surface area contributed by atoms with E-state index in [9.17, 15) is 4.79 Å². The van der Waals surface area contributed by atoms with Crippen LogP contribution in [-0.2, 0) is 17.6 Å². The van der Waals surface area contributed by atoms with E-state index in [0.717, 1.165) is 21.4 Å². The van der Waals surface area contributed by atoms with Crippen LogP contribution in [0.4, 0.5) is 0 Å². The van der Waals surface area contributed by atoms with Crippen molar-refractivity contribution in [1.82, 2.24) is 0 Å². The van der Waals surface area contributed by atoms with Gasteiger partial charge in [0, 0.05) is 26.0 Å². The molecule has 1 aromatic heterocycles. The second-order valence-corrected chi connectivity index (χ2v) is 7.27. The molecule has 0 fully saturated rings. The molecule has 23 heavy (non-hydrogen) atoms. The van der Waals surface area contributed by atoms with E-state index in [4.69, 9.17) is 28.3 Å². The molecule has 1 N–H and O–H groups in total. The fourth-order valence-corrected chi connectivity index (χ4v) is 4.26. The molecule has 1 heterocycles. The number of aryl methyl sites for hydroxylation is 1. The highest BCUT2D eigenvalue weighted by atomic mass is 35.5. The smallest absolute Gasteiger partial charge is 0.303 e. The molecule has 0 atom stereocenters. The largest absolute Gasteiger partial charge is 0.481 e. The Morgan fingerprint density at radius 2 is 1.78 bits per heavy atom. The van der Waals surface area contributed by atoms with Gasteiger partial charge < -0.3 is 5.11 Å². The lowest BCUT2D eigenvalue weighted by molar-refractivity contribution is -0.136. The van der Waals surface area contributed by atoms with Gasteiger partial charge in [0.1, 0.15) is 0 Å². The van der Waals surface area contributed by atoms with Crippen LogP contribution in [0.15, 0.2) is 42.5 Å². The van der Waals surface area contributed by atoms with Gasteiger partial charge in [-0.15, -0.1) is 11.3 Å². The van der Waals surface area contributed by atoms with E-state index in [1.807, 2.05) is 30.3 Å². The Bertz CT molecular complexity index is 850. The molecule has 0 unspecified atom stereocenters. The summed E-state index contributed by atoms with van der Waals surface area (Å²) < 4.78 is 1.17. The molecule has 0 aliphatic carbocycles. The molecule has 2 nitrogen and oxygen atoms in total. The molecule has 0 spiro atoms. The number of rotatable bonds is 5. The Hall–Kier alpha value is -1.55. The third-order valence-corrected chi connectivity index (χ3v) is 5.69. The fraction of sp³-hybridized carbons (Fsp3) is 0.167. The van der Waals surface area contributed by atoms with Gasteiger partial charge in [0.15, 0.2) is 0 Å². The van der Waals surface area contributed by atoms with Crippen molar-refractivity contribution in [1.29, 1.82) is 0 Å². The topological polar surface area (TPSA) is 37.3 Å². The lowest BCUT2D eigenvalue weighted by Gasteiger charge is -2.08. The Balaban J connectivity index is 1.96. The highest BCUT2D eigenvalue weighted by Gasteiger charge is 2.11. The van der Waals surface area contributed by atoms with E-state index in [-0.39, 0.29) is 6.42 Å². The third-order valence-electron chi connectivity index (χ3n) is 3.69. The van der Waals surface area contributed by atoms with Crippen molar-refractivity contribution in [2.45, 2.75) is 19.3 Å². The number of halogens is 2. The summed E-state index contributed by atoms with van der Waals surface area (Å²) >= 11 is 14.2. The van der Waals surface area contributed by atoms with Gasteiger partial charge in [0.25, 0.3) is 0 Å². The molecule has 0 bridgehead atoms. The van der Waals surface area contributed by atoms with Gasteiger partial charge in [-0.1, -0.05) is 47.5 Å². The van der Waals surface area contributed by atoms with Crippen LogP contribution in [0.25, 0.3) is 10.1 Å². The predicted octanol–water partition coefficient (Wildman–Crippen LogP) is 5.82. The van der Waals surface area contributed by atoms with E-state index >= 15 is 0 Å². The predicted molar refractivity (Wildman–Crippen MR) is 97.0 cm³/mol. The number of aliphatic carboxylic acids is 1. The molecule has 5 heteroatoms. The first-order chi connectivity index (χ1) is 11.0. The fourth-order valence-electron chi connectivity index (χ4n) is 2.56. The normalized spacial score (nSPS) is 11.0. The zero-order valence-corrected chi connectivity index (χ0v) is 14.5. The SMILES string of the molecule is O=C(O)CCc1cc2cccc(Cc3c(Cl)cccc3Cl)c2s1. The second-order valence-electron chi connectivity index (χ2n) is 5.32. The minimum atomic E-state index is -0.773. The van der Waals surface area contributed by atoms with E-state index in [0.29, 0.717) is 22.9 Å². The molecule has 0 saturated carbocycles. The second kappa shape index (κ2) is 6.91. The highest BCUT2D eigenvalue weighted by molar-refractivity contribution is 7.19. The number of fused-ring (bicyclic) bond motifs is 1. The molecular weight excluding hydrogens is 351 g/mol. The van der Waals surface area contributed by atoms with Gasteiger partial charge in [-0.25, -0.2) is 0 Å². The Labute approximate surface area is 148 Å². The zero-order valence-electron chi connectivity index (χ0n) is 12.2. The quantitative estimate of drug-likeness (QED) is 0.619. The van der Waals surface area contributed by atoms with Crippen molar-refractivity contribution in [3.63, 3.8) is 0 Å². The Morgan fingerprint density at radius 3 is 2.48 bits per heavy atom. The molecule has 118 valence electrons. The maximum Gasteiger partial charge on any atom is 0.303 e. The molecule has 0 radical (unpaired) electrons. The first kappa shape index (κ1) is 16.3. The number of carboxylic acid groups (broad SMARTS) is 1. The van der Waals surface area contributed by atoms with Gasteiger partial charge >= 0.3 is 5.97 Å². The molecule has 2 aromatic carbocycles. The first-order valence-electron chi connectivity index (χ1n) is 7.19. The summed E-state index contributed by atoms with van der Waals surface area (Å²) in [5.74, 6) is -0.773. The van der Waals surface area contributed by atoms with Gasteiger partial charge in [-0.05, 0) is 41.1 Å². The molecule has 3 rings (SSSR count). The van der Waals surface area contributed by atoms with Gasteiger partial charge in [-0.2, -0.15) is 0 Å². The molecule has 0 amide bonds. The number of carboxylic acids is 1. The van der Waals surface area contributed by atoms with E-state index in [1.165, 1.54) is 4.70 Å². The van der Waals surface area contributed by atoms with E-state index < -0.39 is 5.97 Å². The summed E-state index contributed by atoms with van der Waals surface area (Å²) in [6.45, 7) is 0. The number of hydrogen-bond donors (Lipinski definition) is 1. The lowest BCUT2D eigenvalue weighted by atomic mass is 10.0. The lowest BCUT2D eigenvalue weighted by Crippen LogP contribution is -1.95. The van der Waals surface area contributed by atoms with Crippen LogP contribution in [0.5, 0.6) is 0 Å². The highest BCUT2D eigenvalue weighted by Crippen LogP contribution is 2.33. The van der Waals surface area contributed by atoms with E-state index in [1.54, 1.807) is 11.3 Å². The first-order valence-corrected chi connectivity index (χ1v) is 8.77. The summed E-state index contributed by atoms with van der Waals surface area (Å²) in [4.78, 5) is 11.8. The van der Waals surface area contributed by atoms with Crippen LogP contribution in [-0.4, -0.2) is 11.1 Å². The monoisotopic (exact) mass is 364 g/mol. The van der Waals surface area contributed by atoms with Crippen LogP contribution in [0.3, 0.4) is 0 Å². The standard InChI is InChI=1S/C18H14Cl2O2S/c19-15-5-2-6-16(20)14(15)10-12-4-1-3-11-9-13(23-18(11)12)7-8-17(21)22/h1-6,9H,7-8,10H2,(H,21,22). The van der Waals surface area contributed by atoms with Crippen molar-refractivity contribution in [2.24, 2.45) is 0 Å². The van der Waals surface area contributed by atoms with Crippen LogP contribution >= 0.6 is 34.5 Å². The number of thiophene rings is 1. The summed E-state index contributed by atoms with van der Waals surface area (Å²) in [6.07, 6.45) is 1.37. The summed E-state index contributed by atoms with van der Waals surface area (Å²) in [6, 6.07) is 13.7. The molecular formula is C18H14Cl2O2S. The average molecular weight is 365 g/mol. The summed E-state index contributed by atoms with van der Waals surface area (Å²) in [5.41, 5.74) is 2.08. The van der Waals surface area contributed by atoms with Gasteiger partial charge in [0.2, 0.25) is 0 Å². The number of carbonyl (C=O) groups is 1. The minimum absolute atomic E-state index is 0.151. The van der Waals surface area contributed by atoms with E-state index in [2.05, 4.69) is 12.1 Å². The van der Waals surface area contributed by atoms with Crippen LogP contribution in [0.1, 0.15) is 22.4 Å². The maximum atomic E-state index is 10.7. The third kappa shape index (κ3) is 3.69. The van der Waals surface area contributed by atoms with Crippen LogP contribution in [0, 0.1) is 0 Å². The Kier molecular flexibility index (Phi) is 4.90. The average Bonchev–Trinajstić information content (AvgIpc) is 2.93. The molecule has 0 aliphatic rings. The van der Waals surface area contributed by atoms with Crippen molar-refractivity contribution in [3.05, 3.63) is 68.5 Å². The maximum absolute atomic E-state index is 10.7. The minimum Gasteiger partial charge on any atom is -0.481 e. The molecule has 3 aromatic rings. The van der Waals surface area contributed by atoms with Crippen molar-refractivity contribution >= 4 is 50.6 Å². The van der Waals surface area contributed by atoms with Crippen molar-refractivity contribution in [3.8, 4) is 0 Å². The van der Waals surface area contributed by atoms with Crippen molar-refractivity contribution < 1.29 is 9.90 Å². The zero-order chi connectivity index (χ0) is 16.4. The van der Waals surface area contributed by atoms with Gasteiger partial charge in [0.05, 0.1) is 6.42 Å². The van der Waals surface area contributed by atoms with Crippen molar-refractivity contribution in [2.75, 3.05) is 0 Å². The van der Waals surface area contributed by atoms with Crippen LogP contribution in [0.2, 0.25) is 10.0 Å². The van der Waals surface area contributed by atoms with Crippen LogP contribution < -0.4 is 0 Å². The molecule has 0 aliphatic heterocycles. The Morgan fingerprint density at radius 1 is 1.09 bits per heavy atom. The number of hydrogen-bond acceptors (Lipinski definition) is 2. The summed E-state index contributed by atoms with van der Waals surface area (Å²) in [7, 11) is 0. The summed E-state index contributed by atoms with van der Waals surface area (Å²) in [5, 5.41) is 11.3. The number of benzene rings is 2. The molecule has 0 saturated heterocycles. The van der Waals surface area contributed by atoms with Gasteiger partial charge in [-0.3, -0.25) is 4.79 Å².